The predicted molar refractivity (Wildman–Crippen MR) is 130 cm³/mol. The third kappa shape index (κ3) is 3.10. The van der Waals surface area contributed by atoms with Crippen LogP contribution in [0.4, 0.5) is 5.69 Å². The Bertz CT molecular complexity index is 1470. The number of amides is 2. The molecule has 0 spiro atoms. The summed E-state index contributed by atoms with van der Waals surface area (Å²) in [6.07, 6.45) is 2.59. The van der Waals surface area contributed by atoms with Crippen molar-refractivity contribution in [3.63, 3.8) is 0 Å². The van der Waals surface area contributed by atoms with Gasteiger partial charge < -0.3 is 14.6 Å². The van der Waals surface area contributed by atoms with Gasteiger partial charge in [-0.2, -0.15) is 5.26 Å². The summed E-state index contributed by atoms with van der Waals surface area (Å²) in [4.78, 5) is 32.8. The number of halogens is 1. The molecule has 0 aliphatic carbocycles. The quantitative estimate of drug-likeness (QED) is 0.529. The lowest BCUT2D eigenvalue weighted by atomic mass is 9.66. The molecule has 0 saturated carbocycles. The molecule has 182 valence electrons. The van der Waals surface area contributed by atoms with E-state index in [9.17, 15) is 20.0 Å². The molecule has 2 aromatic carbocycles. The molecule has 5 unspecified atom stereocenters. The number of hydrogen-bond acceptors (Lipinski definition) is 7. The Labute approximate surface area is 212 Å². The first-order chi connectivity index (χ1) is 17.3. The van der Waals surface area contributed by atoms with Crippen molar-refractivity contribution in [3.8, 4) is 11.8 Å². The molecule has 8 nitrogen and oxygen atoms in total. The molecule has 2 bridgehead atoms. The Morgan fingerprint density at radius 2 is 2.00 bits per heavy atom. The Morgan fingerprint density at radius 1 is 1.22 bits per heavy atom. The number of ether oxygens (including phenoxy) is 2. The molecule has 36 heavy (non-hydrogen) atoms. The number of hydrogen-bond donors (Lipinski definition) is 1. The highest BCUT2D eigenvalue weighted by Crippen LogP contribution is 2.62. The minimum Gasteiger partial charge on any atom is -0.492 e. The Morgan fingerprint density at radius 3 is 2.78 bits per heavy atom. The van der Waals surface area contributed by atoms with Gasteiger partial charge in [-0.15, -0.1) is 0 Å². The van der Waals surface area contributed by atoms with Crippen molar-refractivity contribution in [2.24, 2.45) is 11.8 Å². The summed E-state index contributed by atoms with van der Waals surface area (Å²) < 4.78 is 12.1. The highest BCUT2D eigenvalue weighted by atomic mass is 35.5. The molecular weight excluding hydrogens is 482 g/mol. The van der Waals surface area contributed by atoms with Gasteiger partial charge in [0.15, 0.2) is 0 Å². The van der Waals surface area contributed by atoms with E-state index >= 15 is 0 Å². The van der Waals surface area contributed by atoms with Crippen LogP contribution in [0.25, 0.3) is 10.8 Å². The number of fused-ring (bicyclic) bond motifs is 6. The van der Waals surface area contributed by atoms with Crippen molar-refractivity contribution >= 4 is 39.9 Å². The standard InChI is InChI=1S/C27H22ClN3O5/c1-26-21(32)11-27(36-26,8-9-35-17-10-16(28)13-30-14-17)23-22(26)24(33)31(25(23)34)20-7-6-15-4-2-3-5-18(15)19(20)12-29/h2-7,10,13-14,21-23,32H,8-9,11H2,1H3. The van der Waals surface area contributed by atoms with Gasteiger partial charge in [-0.1, -0.05) is 41.9 Å². The van der Waals surface area contributed by atoms with Gasteiger partial charge in [0.1, 0.15) is 17.4 Å². The van der Waals surface area contributed by atoms with Crippen LogP contribution < -0.4 is 9.64 Å². The fourth-order valence-electron chi connectivity index (χ4n) is 6.24. The number of imide groups is 1. The summed E-state index contributed by atoms with van der Waals surface area (Å²) in [6, 6.07) is 14.6. The van der Waals surface area contributed by atoms with Gasteiger partial charge in [-0.25, -0.2) is 4.90 Å². The molecule has 3 aliphatic rings. The Kier molecular flexibility index (Phi) is 5.09. The fourth-order valence-corrected chi connectivity index (χ4v) is 6.40. The molecule has 0 radical (unpaired) electrons. The smallest absolute Gasteiger partial charge is 0.240 e. The molecule has 3 aromatic rings. The first-order valence-electron chi connectivity index (χ1n) is 11.7. The van der Waals surface area contributed by atoms with E-state index in [1.54, 1.807) is 31.2 Å². The van der Waals surface area contributed by atoms with E-state index in [0.29, 0.717) is 16.2 Å². The molecule has 1 N–H and O–H groups in total. The maximum absolute atomic E-state index is 13.9. The molecule has 3 saturated heterocycles. The molecule has 9 heteroatoms. The Hall–Kier alpha value is -3.51. The fraction of sp³-hybridized carbons (Fsp3) is 0.333. The highest BCUT2D eigenvalue weighted by Gasteiger charge is 2.77. The number of nitrogens with zero attached hydrogens (tertiary/aromatic N) is 3. The average Bonchev–Trinajstić information content (AvgIpc) is 3.39. The van der Waals surface area contributed by atoms with Gasteiger partial charge in [0.05, 0.1) is 52.6 Å². The van der Waals surface area contributed by atoms with E-state index in [1.807, 2.05) is 18.2 Å². The van der Waals surface area contributed by atoms with Gasteiger partial charge in [0, 0.05) is 30.5 Å². The van der Waals surface area contributed by atoms with Crippen LogP contribution in [0.3, 0.4) is 0 Å². The number of anilines is 1. The zero-order chi connectivity index (χ0) is 25.2. The molecule has 5 atom stereocenters. The summed E-state index contributed by atoms with van der Waals surface area (Å²) in [5.41, 5.74) is -1.77. The van der Waals surface area contributed by atoms with Crippen molar-refractivity contribution in [2.45, 2.75) is 37.1 Å². The molecular formula is C27H22ClN3O5. The number of aromatic nitrogens is 1. The SMILES string of the molecule is CC12OC(CCOc3cncc(Cl)c3)(CC1O)C1C(=O)N(c3ccc4ccccc4c3C#N)C(=O)C12. The van der Waals surface area contributed by atoms with Crippen LogP contribution in [0.2, 0.25) is 5.02 Å². The van der Waals surface area contributed by atoms with E-state index in [2.05, 4.69) is 11.1 Å². The topological polar surface area (TPSA) is 113 Å². The van der Waals surface area contributed by atoms with E-state index < -0.39 is 41.0 Å². The Balaban J connectivity index is 1.36. The number of carbonyl (C=O) groups excluding carboxylic acids is 2. The summed E-state index contributed by atoms with van der Waals surface area (Å²) in [6.45, 7) is 1.86. The minimum atomic E-state index is -1.21. The van der Waals surface area contributed by atoms with Crippen molar-refractivity contribution in [3.05, 3.63) is 65.4 Å². The zero-order valence-corrected chi connectivity index (χ0v) is 20.1. The summed E-state index contributed by atoms with van der Waals surface area (Å²) >= 11 is 5.98. The van der Waals surface area contributed by atoms with Crippen LogP contribution in [0.15, 0.2) is 54.9 Å². The second-order valence-electron chi connectivity index (χ2n) is 9.77. The van der Waals surface area contributed by atoms with Crippen LogP contribution >= 0.6 is 11.6 Å². The maximum Gasteiger partial charge on any atom is 0.240 e. The van der Waals surface area contributed by atoms with Crippen LogP contribution in [0.5, 0.6) is 5.75 Å². The van der Waals surface area contributed by atoms with E-state index in [0.717, 1.165) is 10.3 Å². The molecule has 2 amide bonds. The summed E-state index contributed by atoms with van der Waals surface area (Å²) in [5, 5.41) is 22.8. The summed E-state index contributed by atoms with van der Waals surface area (Å²) in [7, 11) is 0. The van der Waals surface area contributed by atoms with Gasteiger partial charge in [-0.3, -0.25) is 14.6 Å². The molecule has 4 heterocycles. The third-order valence-corrected chi connectivity index (χ3v) is 8.05. The molecule has 6 rings (SSSR count). The van der Waals surface area contributed by atoms with E-state index in [1.165, 1.54) is 12.4 Å². The first kappa shape index (κ1) is 22.9. The van der Waals surface area contributed by atoms with Crippen molar-refractivity contribution in [2.75, 3.05) is 11.5 Å². The number of carbonyl (C=O) groups is 2. The van der Waals surface area contributed by atoms with Crippen LogP contribution in [0, 0.1) is 23.2 Å². The molecule has 3 fully saturated rings. The van der Waals surface area contributed by atoms with E-state index in [4.69, 9.17) is 21.1 Å². The number of benzene rings is 2. The lowest BCUT2D eigenvalue weighted by molar-refractivity contribution is -0.134. The molecule has 1 aromatic heterocycles. The highest BCUT2D eigenvalue weighted by molar-refractivity contribution is 6.30. The van der Waals surface area contributed by atoms with Gasteiger partial charge >= 0.3 is 0 Å². The van der Waals surface area contributed by atoms with E-state index in [-0.39, 0.29) is 30.7 Å². The number of aliphatic hydroxyl groups excluding tert-OH is 1. The third-order valence-electron chi connectivity index (χ3n) is 7.85. The number of rotatable bonds is 5. The lowest BCUT2D eigenvalue weighted by Gasteiger charge is -2.33. The average molecular weight is 504 g/mol. The maximum atomic E-state index is 13.9. The second-order valence-corrected chi connectivity index (χ2v) is 10.2. The van der Waals surface area contributed by atoms with Crippen molar-refractivity contribution < 1.29 is 24.2 Å². The van der Waals surface area contributed by atoms with Crippen LogP contribution in [-0.2, 0) is 14.3 Å². The van der Waals surface area contributed by atoms with Crippen molar-refractivity contribution in [1.29, 1.82) is 5.26 Å². The minimum absolute atomic E-state index is 0.176. The van der Waals surface area contributed by atoms with Gasteiger partial charge in [0.2, 0.25) is 11.8 Å². The summed E-state index contributed by atoms with van der Waals surface area (Å²) in [5.74, 6) is -2.06. The van der Waals surface area contributed by atoms with Crippen LogP contribution in [0.1, 0.15) is 25.3 Å². The normalized spacial score (nSPS) is 30.6. The number of aliphatic hydroxyl groups is 1. The number of nitriles is 1. The van der Waals surface area contributed by atoms with Crippen LogP contribution in [-0.4, -0.2) is 45.8 Å². The zero-order valence-electron chi connectivity index (χ0n) is 19.3. The monoisotopic (exact) mass is 503 g/mol. The van der Waals surface area contributed by atoms with Crippen molar-refractivity contribution in [1.82, 2.24) is 4.98 Å². The lowest BCUT2D eigenvalue weighted by Crippen LogP contribution is -2.49. The largest absolute Gasteiger partial charge is 0.492 e. The number of pyridine rings is 1. The first-order valence-corrected chi connectivity index (χ1v) is 12.1. The van der Waals surface area contributed by atoms with Gasteiger partial charge in [0.25, 0.3) is 0 Å². The second kappa shape index (κ2) is 8.00. The van der Waals surface area contributed by atoms with Gasteiger partial charge in [-0.05, 0) is 18.4 Å². The molecule has 3 aliphatic heterocycles. The predicted octanol–water partition coefficient (Wildman–Crippen LogP) is 3.63.